The van der Waals surface area contributed by atoms with Gasteiger partial charge >= 0.3 is 0 Å². The second-order valence-electron chi connectivity index (χ2n) is 8.85. The Labute approximate surface area is 213 Å². The van der Waals surface area contributed by atoms with Crippen molar-refractivity contribution in [1.82, 2.24) is 9.88 Å². The Bertz CT molecular complexity index is 1380. The van der Waals surface area contributed by atoms with Crippen molar-refractivity contribution >= 4 is 50.4 Å². The van der Waals surface area contributed by atoms with Gasteiger partial charge in [0.05, 0.1) is 22.0 Å². The second kappa shape index (κ2) is 9.18. The number of carbonyl (C=O) groups is 1. The lowest BCUT2D eigenvalue weighted by molar-refractivity contribution is -0.0586. The molecule has 0 bridgehead atoms. The first-order chi connectivity index (χ1) is 16.6. The molecule has 0 saturated carbocycles. The van der Waals surface area contributed by atoms with Gasteiger partial charge in [0, 0.05) is 30.3 Å². The molecule has 5 rings (SSSR count). The van der Waals surface area contributed by atoms with Gasteiger partial charge in [-0.1, -0.05) is 29.8 Å². The maximum Gasteiger partial charge on any atom is 0.283 e. The van der Waals surface area contributed by atoms with Crippen LogP contribution >= 0.6 is 22.9 Å². The van der Waals surface area contributed by atoms with E-state index in [1.54, 1.807) is 17.0 Å². The predicted octanol–water partition coefficient (Wildman–Crippen LogP) is 4.05. The van der Waals surface area contributed by atoms with Gasteiger partial charge in [-0.05, 0) is 55.7 Å². The Morgan fingerprint density at radius 2 is 1.83 bits per heavy atom. The summed E-state index contributed by atoms with van der Waals surface area (Å²) in [6.45, 7) is 5.57. The van der Waals surface area contributed by atoms with Crippen LogP contribution in [0.4, 0.5) is 11.5 Å². The number of carbonyl (C=O) groups excluding carboxylic acids is 1. The van der Waals surface area contributed by atoms with Crippen LogP contribution < -0.4 is 10.0 Å². The zero-order valence-electron chi connectivity index (χ0n) is 19.3. The summed E-state index contributed by atoms with van der Waals surface area (Å²) in [4.78, 5) is 22.9. The molecule has 0 spiro atoms. The Morgan fingerprint density at radius 3 is 2.49 bits per heavy atom. The van der Waals surface area contributed by atoms with Crippen LogP contribution in [-0.4, -0.2) is 56.1 Å². The van der Waals surface area contributed by atoms with E-state index in [0.29, 0.717) is 35.5 Å². The average Bonchev–Trinajstić information content (AvgIpc) is 3.42. The second-order valence-corrected chi connectivity index (χ2v) is 11.8. The molecule has 1 fully saturated rings. The van der Waals surface area contributed by atoms with Crippen LogP contribution in [0, 0.1) is 0 Å². The van der Waals surface area contributed by atoms with Gasteiger partial charge in [-0.25, -0.2) is 18.5 Å². The molecule has 8 nitrogen and oxygen atoms in total. The van der Waals surface area contributed by atoms with E-state index in [2.05, 4.69) is 4.90 Å². The third kappa shape index (κ3) is 4.68. The minimum absolute atomic E-state index is 0.0261. The highest BCUT2D eigenvalue weighted by molar-refractivity contribution is 7.89. The smallest absolute Gasteiger partial charge is 0.283 e. The number of hydrogen-bond donors (Lipinski definition) is 1. The zero-order valence-corrected chi connectivity index (χ0v) is 21.7. The number of anilines is 2. The molecule has 0 unspecified atom stereocenters. The number of benzene rings is 2. The van der Waals surface area contributed by atoms with E-state index in [9.17, 15) is 13.2 Å². The van der Waals surface area contributed by atoms with E-state index in [-0.39, 0.29) is 23.0 Å². The molecular weight excluding hydrogens is 508 g/mol. The standard InChI is InChI=1S/C24H25ClN4O4S2/c1-14-12-28(13-15(2)33-14)24(30)23-27-22(29-11-10-18-19(25)4-3-5-20(18)29)21(34-23)16-6-8-17(9-7-16)35(26,31)32/h3-9,14-15H,10-13H2,1-2H3,(H2,26,31,32)/t14-,15+. The highest BCUT2D eigenvalue weighted by atomic mass is 35.5. The molecule has 35 heavy (non-hydrogen) atoms. The topological polar surface area (TPSA) is 106 Å². The summed E-state index contributed by atoms with van der Waals surface area (Å²) in [5, 5.41) is 6.35. The van der Waals surface area contributed by atoms with Gasteiger partial charge in [-0.2, -0.15) is 0 Å². The lowest BCUT2D eigenvalue weighted by Crippen LogP contribution is -2.48. The molecule has 2 atom stereocenters. The molecule has 2 N–H and O–H groups in total. The number of thiazole rings is 1. The van der Waals surface area contributed by atoms with Crippen molar-refractivity contribution in [2.75, 3.05) is 24.5 Å². The van der Waals surface area contributed by atoms with Crippen LogP contribution in [-0.2, 0) is 21.2 Å². The van der Waals surface area contributed by atoms with Gasteiger partial charge in [-0.3, -0.25) is 4.79 Å². The van der Waals surface area contributed by atoms with E-state index in [4.69, 9.17) is 26.5 Å². The molecule has 1 aromatic heterocycles. The van der Waals surface area contributed by atoms with Crippen molar-refractivity contribution in [3.63, 3.8) is 0 Å². The minimum Gasteiger partial charge on any atom is -0.372 e. The molecule has 184 valence electrons. The molecule has 0 radical (unpaired) electrons. The SMILES string of the molecule is C[C@@H]1CN(C(=O)c2nc(N3CCc4c(Cl)cccc43)c(-c3ccc(S(N)(=O)=O)cc3)s2)C[C@H](C)O1. The molecule has 0 aliphatic carbocycles. The molecular formula is C24H25ClN4O4S2. The number of fused-ring (bicyclic) bond motifs is 1. The third-order valence-corrected chi connectivity index (χ3v) is 8.54. The average molecular weight is 533 g/mol. The van der Waals surface area contributed by atoms with E-state index in [1.807, 2.05) is 32.0 Å². The van der Waals surface area contributed by atoms with Crippen LogP contribution in [0.2, 0.25) is 5.02 Å². The Morgan fingerprint density at radius 1 is 1.14 bits per heavy atom. The van der Waals surface area contributed by atoms with Crippen molar-refractivity contribution < 1.29 is 17.9 Å². The number of rotatable bonds is 4. The number of ether oxygens (including phenoxy) is 1. The van der Waals surface area contributed by atoms with Crippen LogP contribution in [0.15, 0.2) is 47.4 Å². The van der Waals surface area contributed by atoms with Gasteiger partial charge in [-0.15, -0.1) is 11.3 Å². The summed E-state index contributed by atoms with van der Waals surface area (Å²) in [5.41, 5.74) is 2.75. The van der Waals surface area contributed by atoms with Crippen molar-refractivity contribution in [2.45, 2.75) is 37.4 Å². The minimum atomic E-state index is -3.82. The van der Waals surface area contributed by atoms with Crippen LogP contribution in [0.1, 0.15) is 29.2 Å². The van der Waals surface area contributed by atoms with Crippen molar-refractivity contribution in [3.05, 3.63) is 58.1 Å². The monoisotopic (exact) mass is 532 g/mol. The fourth-order valence-electron chi connectivity index (χ4n) is 4.66. The molecule has 1 amide bonds. The normalized spacial score (nSPS) is 20.2. The highest BCUT2D eigenvalue weighted by Crippen LogP contribution is 2.44. The molecule has 1 saturated heterocycles. The van der Waals surface area contributed by atoms with Crippen LogP contribution in [0.25, 0.3) is 10.4 Å². The van der Waals surface area contributed by atoms with Gasteiger partial charge in [0.15, 0.2) is 10.8 Å². The van der Waals surface area contributed by atoms with Gasteiger partial charge in [0.25, 0.3) is 5.91 Å². The van der Waals surface area contributed by atoms with Gasteiger partial charge < -0.3 is 14.5 Å². The number of halogens is 1. The third-order valence-electron chi connectivity index (χ3n) is 6.17. The number of sulfonamides is 1. The number of primary sulfonamides is 1. The van der Waals surface area contributed by atoms with E-state index >= 15 is 0 Å². The molecule has 2 aliphatic heterocycles. The van der Waals surface area contributed by atoms with Crippen molar-refractivity contribution in [2.24, 2.45) is 5.14 Å². The van der Waals surface area contributed by atoms with Gasteiger partial charge in [0.2, 0.25) is 10.0 Å². The maximum atomic E-state index is 13.5. The number of hydrogen-bond acceptors (Lipinski definition) is 7. The Kier molecular flexibility index (Phi) is 6.35. The highest BCUT2D eigenvalue weighted by Gasteiger charge is 2.32. The lowest BCUT2D eigenvalue weighted by Gasteiger charge is -2.34. The number of nitrogens with zero attached hydrogens (tertiary/aromatic N) is 3. The molecule has 11 heteroatoms. The summed E-state index contributed by atoms with van der Waals surface area (Å²) < 4.78 is 29.2. The summed E-state index contributed by atoms with van der Waals surface area (Å²) in [5.74, 6) is 0.508. The quantitative estimate of drug-likeness (QED) is 0.543. The first kappa shape index (κ1) is 24.2. The molecule has 2 aliphatic rings. The summed E-state index contributed by atoms with van der Waals surface area (Å²) in [6, 6.07) is 12.1. The Hall–Kier alpha value is -2.50. The largest absolute Gasteiger partial charge is 0.372 e. The number of nitrogens with two attached hydrogens (primary N) is 1. The van der Waals surface area contributed by atoms with Crippen molar-refractivity contribution in [1.29, 1.82) is 0 Å². The number of aromatic nitrogens is 1. The summed E-state index contributed by atoms with van der Waals surface area (Å²) >= 11 is 7.74. The summed E-state index contributed by atoms with van der Waals surface area (Å²) in [6.07, 6.45) is 0.651. The van der Waals surface area contributed by atoms with E-state index in [1.165, 1.54) is 23.5 Å². The zero-order chi connectivity index (χ0) is 24.9. The van der Waals surface area contributed by atoms with Gasteiger partial charge in [0.1, 0.15) is 0 Å². The summed E-state index contributed by atoms with van der Waals surface area (Å²) in [7, 11) is -3.82. The number of amides is 1. The predicted molar refractivity (Wildman–Crippen MR) is 137 cm³/mol. The Balaban J connectivity index is 1.58. The van der Waals surface area contributed by atoms with Crippen LogP contribution in [0.5, 0.6) is 0 Å². The van der Waals surface area contributed by atoms with Crippen molar-refractivity contribution in [3.8, 4) is 10.4 Å². The van der Waals surface area contributed by atoms with E-state index in [0.717, 1.165) is 28.1 Å². The van der Waals surface area contributed by atoms with E-state index < -0.39 is 10.0 Å². The molecule has 3 heterocycles. The maximum absolute atomic E-state index is 13.5. The fraction of sp³-hybridized carbons (Fsp3) is 0.333. The molecule has 2 aromatic carbocycles. The lowest BCUT2D eigenvalue weighted by atomic mass is 10.1. The van der Waals surface area contributed by atoms with Crippen LogP contribution in [0.3, 0.4) is 0 Å². The fourth-order valence-corrected chi connectivity index (χ4v) is 6.48. The molecule has 3 aromatic rings. The number of morpholine rings is 1. The first-order valence-electron chi connectivity index (χ1n) is 11.3. The first-order valence-corrected chi connectivity index (χ1v) is 14.0.